The van der Waals surface area contributed by atoms with Gasteiger partial charge in [-0.05, 0) is 38.5 Å². The third-order valence-electron chi connectivity index (χ3n) is 2.88. The zero-order chi connectivity index (χ0) is 15.6. The van der Waals surface area contributed by atoms with E-state index in [1.165, 1.54) is 11.8 Å². The van der Waals surface area contributed by atoms with Crippen LogP contribution in [0, 0.1) is 0 Å². The molecule has 0 aliphatic heterocycles. The number of aromatic nitrogens is 2. The summed E-state index contributed by atoms with van der Waals surface area (Å²) >= 11 is 4.81. The fourth-order valence-electron chi connectivity index (χ4n) is 1.94. The van der Waals surface area contributed by atoms with E-state index in [0.717, 1.165) is 10.9 Å². The Kier molecular flexibility index (Phi) is 5.11. The molecule has 6 heteroatoms. The van der Waals surface area contributed by atoms with Crippen molar-refractivity contribution >= 4 is 38.6 Å². The first kappa shape index (κ1) is 16.5. The van der Waals surface area contributed by atoms with E-state index in [1.54, 1.807) is 24.5 Å². The molecular formula is C15H19BrN2O2S. The number of aliphatic hydroxyl groups is 1. The number of thioether (sulfide) groups is 1. The molecule has 0 fully saturated rings. The Hall–Kier alpha value is -0.850. The summed E-state index contributed by atoms with van der Waals surface area (Å²) in [5.41, 5.74) is -0.135. The molecule has 0 aliphatic carbocycles. The van der Waals surface area contributed by atoms with Gasteiger partial charge in [0, 0.05) is 16.8 Å². The van der Waals surface area contributed by atoms with Crippen molar-refractivity contribution in [3.05, 3.63) is 33.0 Å². The minimum Gasteiger partial charge on any atom is -0.390 e. The van der Waals surface area contributed by atoms with Gasteiger partial charge in [-0.15, -0.1) is 0 Å². The standard InChI is InChI=1S/C15H19BrN2O2S/c1-4-7-18-13(19)11-8-10(16)5-6-12(11)17-14(18)21-9-15(2,3)20/h5-6,8,20H,4,7,9H2,1-3H3. The summed E-state index contributed by atoms with van der Waals surface area (Å²) in [7, 11) is 0. The van der Waals surface area contributed by atoms with E-state index < -0.39 is 5.60 Å². The number of benzene rings is 1. The first-order chi connectivity index (χ1) is 9.81. The van der Waals surface area contributed by atoms with Crippen LogP contribution < -0.4 is 5.56 Å². The average Bonchev–Trinajstić information content (AvgIpc) is 2.40. The van der Waals surface area contributed by atoms with Crippen LogP contribution in [-0.4, -0.2) is 26.0 Å². The molecule has 0 spiro atoms. The predicted octanol–water partition coefficient (Wildman–Crippen LogP) is 3.43. The van der Waals surface area contributed by atoms with E-state index in [0.29, 0.717) is 28.4 Å². The Morgan fingerprint density at radius 2 is 2.14 bits per heavy atom. The molecule has 0 amide bonds. The van der Waals surface area contributed by atoms with Crippen molar-refractivity contribution in [1.82, 2.24) is 9.55 Å². The smallest absolute Gasteiger partial charge is 0.262 e. The van der Waals surface area contributed by atoms with Crippen LogP contribution in [-0.2, 0) is 6.54 Å². The van der Waals surface area contributed by atoms with Crippen molar-refractivity contribution < 1.29 is 5.11 Å². The van der Waals surface area contributed by atoms with Gasteiger partial charge in [-0.1, -0.05) is 34.6 Å². The van der Waals surface area contributed by atoms with Gasteiger partial charge >= 0.3 is 0 Å². The Morgan fingerprint density at radius 1 is 1.43 bits per heavy atom. The lowest BCUT2D eigenvalue weighted by Gasteiger charge is -2.18. The highest BCUT2D eigenvalue weighted by molar-refractivity contribution is 9.10. The van der Waals surface area contributed by atoms with Crippen LogP contribution in [0.4, 0.5) is 0 Å². The number of hydrogen-bond donors (Lipinski definition) is 1. The molecule has 2 aromatic rings. The van der Waals surface area contributed by atoms with Crippen LogP contribution in [0.5, 0.6) is 0 Å². The minimum atomic E-state index is -0.798. The molecule has 1 aromatic carbocycles. The maximum atomic E-state index is 12.6. The lowest BCUT2D eigenvalue weighted by atomic mass is 10.2. The number of rotatable bonds is 5. The molecule has 0 unspecified atom stereocenters. The summed E-state index contributed by atoms with van der Waals surface area (Å²) in [5.74, 6) is 0.491. The van der Waals surface area contributed by atoms with E-state index >= 15 is 0 Å². The van der Waals surface area contributed by atoms with Crippen molar-refractivity contribution in [3.8, 4) is 0 Å². The normalized spacial score (nSPS) is 12.0. The number of fused-ring (bicyclic) bond motifs is 1. The van der Waals surface area contributed by atoms with Crippen molar-refractivity contribution in [3.63, 3.8) is 0 Å². The third kappa shape index (κ3) is 4.08. The number of hydrogen-bond acceptors (Lipinski definition) is 4. The molecule has 0 aliphatic rings. The monoisotopic (exact) mass is 370 g/mol. The van der Waals surface area contributed by atoms with Gasteiger partial charge in [0.05, 0.1) is 16.5 Å². The van der Waals surface area contributed by atoms with Crippen LogP contribution in [0.15, 0.2) is 32.6 Å². The molecule has 0 saturated heterocycles. The SMILES string of the molecule is CCCn1c(SCC(C)(C)O)nc2ccc(Br)cc2c1=O. The van der Waals surface area contributed by atoms with E-state index in [9.17, 15) is 9.90 Å². The molecule has 1 heterocycles. The van der Waals surface area contributed by atoms with E-state index in [-0.39, 0.29) is 5.56 Å². The van der Waals surface area contributed by atoms with E-state index in [4.69, 9.17) is 0 Å². The van der Waals surface area contributed by atoms with Gasteiger partial charge in [0.2, 0.25) is 0 Å². The van der Waals surface area contributed by atoms with Crippen LogP contribution in [0.25, 0.3) is 10.9 Å². The number of nitrogens with zero attached hydrogens (tertiary/aromatic N) is 2. The van der Waals surface area contributed by atoms with Gasteiger partial charge in [-0.2, -0.15) is 0 Å². The molecule has 0 bridgehead atoms. The van der Waals surface area contributed by atoms with Gasteiger partial charge in [-0.25, -0.2) is 4.98 Å². The van der Waals surface area contributed by atoms with Gasteiger partial charge in [-0.3, -0.25) is 9.36 Å². The quantitative estimate of drug-likeness (QED) is 0.646. The summed E-state index contributed by atoms with van der Waals surface area (Å²) < 4.78 is 2.57. The molecule has 0 radical (unpaired) electrons. The predicted molar refractivity (Wildman–Crippen MR) is 91.0 cm³/mol. The third-order valence-corrected chi connectivity index (χ3v) is 4.80. The topological polar surface area (TPSA) is 55.1 Å². The van der Waals surface area contributed by atoms with E-state index in [1.807, 2.05) is 19.1 Å². The number of halogens is 1. The van der Waals surface area contributed by atoms with Crippen molar-refractivity contribution in [2.45, 2.75) is 44.5 Å². The van der Waals surface area contributed by atoms with Gasteiger partial charge in [0.15, 0.2) is 5.16 Å². The van der Waals surface area contributed by atoms with Crippen LogP contribution in [0.1, 0.15) is 27.2 Å². The lowest BCUT2D eigenvalue weighted by Crippen LogP contribution is -2.26. The summed E-state index contributed by atoms with van der Waals surface area (Å²) in [6, 6.07) is 5.52. The summed E-state index contributed by atoms with van der Waals surface area (Å²) in [5, 5.41) is 11.2. The molecule has 0 atom stereocenters. The Labute approximate surface area is 136 Å². The molecule has 4 nitrogen and oxygen atoms in total. The Morgan fingerprint density at radius 3 is 2.76 bits per heavy atom. The molecular weight excluding hydrogens is 352 g/mol. The minimum absolute atomic E-state index is 0.0265. The Bertz CT molecular complexity index is 707. The first-order valence-corrected chi connectivity index (χ1v) is 8.65. The molecule has 21 heavy (non-hydrogen) atoms. The summed E-state index contributed by atoms with van der Waals surface area (Å²) in [6.45, 7) is 6.16. The van der Waals surface area contributed by atoms with Gasteiger partial charge < -0.3 is 5.11 Å². The lowest BCUT2D eigenvalue weighted by molar-refractivity contribution is 0.107. The highest BCUT2D eigenvalue weighted by Gasteiger charge is 2.17. The molecule has 1 aromatic heterocycles. The van der Waals surface area contributed by atoms with Crippen molar-refractivity contribution in [2.24, 2.45) is 0 Å². The van der Waals surface area contributed by atoms with Gasteiger partial charge in [0.1, 0.15) is 0 Å². The Balaban J connectivity index is 2.55. The van der Waals surface area contributed by atoms with Crippen molar-refractivity contribution in [1.29, 1.82) is 0 Å². The molecule has 0 saturated carbocycles. The van der Waals surface area contributed by atoms with Crippen LogP contribution >= 0.6 is 27.7 Å². The second-order valence-electron chi connectivity index (χ2n) is 5.61. The maximum Gasteiger partial charge on any atom is 0.262 e. The zero-order valence-corrected chi connectivity index (χ0v) is 14.8. The van der Waals surface area contributed by atoms with Crippen LogP contribution in [0.3, 0.4) is 0 Å². The fraction of sp³-hybridized carbons (Fsp3) is 0.467. The summed E-state index contributed by atoms with van der Waals surface area (Å²) in [6.07, 6.45) is 0.858. The fourth-order valence-corrected chi connectivity index (χ4v) is 3.28. The second kappa shape index (κ2) is 6.50. The molecule has 1 N–H and O–H groups in total. The highest BCUT2D eigenvalue weighted by atomic mass is 79.9. The largest absolute Gasteiger partial charge is 0.390 e. The molecule has 114 valence electrons. The highest BCUT2D eigenvalue weighted by Crippen LogP contribution is 2.23. The average molecular weight is 371 g/mol. The van der Waals surface area contributed by atoms with Crippen molar-refractivity contribution in [2.75, 3.05) is 5.75 Å². The first-order valence-electron chi connectivity index (χ1n) is 6.87. The maximum absolute atomic E-state index is 12.6. The second-order valence-corrected chi connectivity index (χ2v) is 7.47. The summed E-state index contributed by atoms with van der Waals surface area (Å²) in [4.78, 5) is 17.2. The molecule has 2 rings (SSSR count). The van der Waals surface area contributed by atoms with Gasteiger partial charge in [0.25, 0.3) is 5.56 Å². The van der Waals surface area contributed by atoms with Crippen LogP contribution in [0.2, 0.25) is 0 Å². The van der Waals surface area contributed by atoms with E-state index in [2.05, 4.69) is 20.9 Å². The zero-order valence-electron chi connectivity index (χ0n) is 12.4.